The highest BCUT2D eigenvalue weighted by molar-refractivity contribution is 8.75. The van der Waals surface area contributed by atoms with Gasteiger partial charge in [-0.05, 0) is 22.9 Å². The number of hydrogen-bond donors (Lipinski definition) is 2. The van der Waals surface area contributed by atoms with Crippen LogP contribution in [-0.2, 0) is 9.59 Å². The molecule has 1 aromatic heterocycles. The predicted octanol–water partition coefficient (Wildman–Crippen LogP) is 2.99. The summed E-state index contributed by atoms with van der Waals surface area (Å²) in [5, 5.41) is 9.98. The Morgan fingerprint density at radius 1 is 1.43 bits per heavy atom. The van der Waals surface area contributed by atoms with Gasteiger partial charge >= 0.3 is 5.97 Å². The van der Waals surface area contributed by atoms with Crippen molar-refractivity contribution in [3.63, 3.8) is 0 Å². The number of carboxylic acids is 1. The number of amides is 1. The summed E-state index contributed by atoms with van der Waals surface area (Å²) in [6, 6.07) is 4.44. The van der Waals surface area contributed by atoms with Gasteiger partial charge in [-0.15, -0.1) is 0 Å². The number of carbonyl (C=O) groups is 2. The van der Waals surface area contributed by atoms with Crippen molar-refractivity contribution in [1.82, 2.24) is 9.29 Å². The van der Waals surface area contributed by atoms with Gasteiger partial charge < -0.3 is 5.11 Å². The molecule has 1 amide bonds. The van der Waals surface area contributed by atoms with Gasteiger partial charge in [0.2, 0.25) is 5.91 Å². The number of aromatic nitrogens is 1. The van der Waals surface area contributed by atoms with Crippen LogP contribution >= 0.6 is 34.4 Å². The smallest absolute Gasteiger partial charge is 0.328 e. The first-order valence-corrected chi connectivity index (χ1v) is 8.94. The van der Waals surface area contributed by atoms with Crippen molar-refractivity contribution >= 4 is 46.3 Å². The Kier molecular flexibility index (Phi) is 6.89. The van der Waals surface area contributed by atoms with E-state index < -0.39 is 17.4 Å². The monoisotopic (exact) mass is 346 g/mol. The van der Waals surface area contributed by atoms with Gasteiger partial charge in [0, 0.05) is 28.3 Å². The van der Waals surface area contributed by atoms with Crippen LogP contribution < -0.4 is 0 Å². The number of rotatable bonds is 6. The van der Waals surface area contributed by atoms with Gasteiger partial charge in [-0.3, -0.25) is 9.10 Å². The zero-order valence-electron chi connectivity index (χ0n) is 12.0. The van der Waals surface area contributed by atoms with E-state index in [1.54, 1.807) is 39.1 Å². The van der Waals surface area contributed by atoms with Gasteiger partial charge in [0.15, 0.2) is 0 Å². The average molecular weight is 346 g/mol. The predicted molar refractivity (Wildman–Crippen MR) is 89.3 cm³/mol. The van der Waals surface area contributed by atoms with E-state index in [9.17, 15) is 14.7 Å². The molecule has 0 aromatic carbocycles. The Morgan fingerprint density at radius 2 is 2.10 bits per heavy atom. The second-order valence-corrected chi connectivity index (χ2v) is 7.68. The molecule has 1 aromatic rings. The number of pyridine rings is 1. The molecule has 5 nitrogen and oxygen atoms in total. The van der Waals surface area contributed by atoms with E-state index in [1.165, 1.54) is 15.1 Å². The number of carbonyl (C=O) groups excluding carboxylic acids is 1. The lowest BCUT2D eigenvalue weighted by Crippen LogP contribution is -2.46. The van der Waals surface area contributed by atoms with Gasteiger partial charge in [-0.25, -0.2) is 9.78 Å². The van der Waals surface area contributed by atoms with Crippen LogP contribution in [0.15, 0.2) is 29.4 Å². The van der Waals surface area contributed by atoms with Crippen LogP contribution in [0.2, 0.25) is 0 Å². The molecular weight excluding hydrogens is 328 g/mol. The Morgan fingerprint density at radius 3 is 2.52 bits per heavy atom. The SMILES string of the molecule is CC(C)(C)C(=O)N(SSc1ccccn1)[C@@H](CS)C(=O)O. The third kappa shape index (κ3) is 5.44. The lowest BCUT2D eigenvalue weighted by atomic mass is 9.95. The summed E-state index contributed by atoms with van der Waals surface area (Å²) in [5.41, 5.74) is -0.672. The molecule has 0 saturated heterocycles. The van der Waals surface area contributed by atoms with Gasteiger partial charge in [0.25, 0.3) is 0 Å². The number of hydrogen-bond acceptors (Lipinski definition) is 6. The zero-order chi connectivity index (χ0) is 16.0. The molecule has 8 heteroatoms. The normalized spacial score (nSPS) is 12.8. The first-order chi connectivity index (χ1) is 9.77. The molecule has 1 atom stereocenters. The summed E-state index contributed by atoms with van der Waals surface area (Å²) >= 11 is 4.05. The molecule has 0 aliphatic carbocycles. The van der Waals surface area contributed by atoms with Crippen LogP contribution in [0.25, 0.3) is 0 Å². The molecule has 0 aliphatic heterocycles. The van der Waals surface area contributed by atoms with E-state index >= 15 is 0 Å². The van der Waals surface area contributed by atoms with Gasteiger partial charge in [0.05, 0.1) is 0 Å². The molecule has 1 heterocycles. The number of carboxylic acid groups (broad SMARTS) is 1. The van der Waals surface area contributed by atoms with Crippen LogP contribution in [0.5, 0.6) is 0 Å². The van der Waals surface area contributed by atoms with Crippen molar-refractivity contribution in [1.29, 1.82) is 0 Å². The van der Waals surface area contributed by atoms with Crippen LogP contribution in [-0.4, -0.2) is 38.1 Å². The summed E-state index contributed by atoms with van der Waals surface area (Å²) in [6.45, 7) is 5.27. The molecular formula is C13H18N2O3S3. The zero-order valence-corrected chi connectivity index (χ0v) is 14.5. The maximum Gasteiger partial charge on any atom is 0.328 e. The highest BCUT2D eigenvalue weighted by atomic mass is 33.1. The minimum atomic E-state index is -1.07. The summed E-state index contributed by atoms with van der Waals surface area (Å²) in [7, 11) is 2.33. The molecule has 1 N–H and O–H groups in total. The maximum atomic E-state index is 12.5. The van der Waals surface area contributed by atoms with E-state index in [2.05, 4.69) is 17.6 Å². The average Bonchev–Trinajstić information content (AvgIpc) is 2.42. The quantitative estimate of drug-likeness (QED) is 0.469. The first kappa shape index (κ1) is 18.2. The Hall–Kier alpha value is -0.860. The molecule has 0 aliphatic rings. The number of thiol groups is 1. The maximum absolute atomic E-state index is 12.5. The third-order valence-electron chi connectivity index (χ3n) is 2.42. The topological polar surface area (TPSA) is 70.5 Å². The minimum Gasteiger partial charge on any atom is -0.480 e. The van der Waals surface area contributed by atoms with Crippen molar-refractivity contribution in [2.45, 2.75) is 31.8 Å². The molecule has 21 heavy (non-hydrogen) atoms. The van der Waals surface area contributed by atoms with E-state index in [1.807, 2.05) is 6.07 Å². The molecule has 0 spiro atoms. The number of aliphatic carboxylic acids is 1. The summed E-state index contributed by atoms with van der Waals surface area (Å²) in [6.07, 6.45) is 1.64. The lowest BCUT2D eigenvalue weighted by molar-refractivity contribution is -0.147. The van der Waals surface area contributed by atoms with Crippen molar-refractivity contribution in [3.8, 4) is 0 Å². The van der Waals surface area contributed by atoms with E-state index in [4.69, 9.17) is 0 Å². The Bertz CT molecular complexity index is 491. The molecule has 0 unspecified atom stereocenters. The number of nitrogens with zero attached hydrogens (tertiary/aromatic N) is 2. The molecule has 1 rings (SSSR count). The summed E-state index contributed by atoms with van der Waals surface area (Å²) in [4.78, 5) is 27.9. The third-order valence-corrected chi connectivity index (χ3v) is 5.05. The van der Waals surface area contributed by atoms with Gasteiger partial charge in [0.1, 0.15) is 11.1 Å². The van der Waals surface area contributed by atoms with E-state index in [0.717, 1.165) is 11.0 Å². The lowest BCUT2D eigenvalue weighted by Gasteiger charge is -2.31. The highest BCUT2D eigenvalue weighted by Gasteiger charge is 2.36. The Balaban J connectivity index is 2.91. The fourth-order valence-corrected chi connectivity index (χ4v) is 4.00. The highest BCUT2D eigenvalue weighted by Crippen LogP contribution is 2.37. The fourth-order valence-electron chi connectivity index (χ4n) is 1.29. The van der Waals surface area contributed by atoms with Crippen LogP contribution in [0.4, 0.5) is 0 Å². The van der Waals surface area contributed by atoms with Crippen molar-refractivity contribution in [3.05, 3.63) is 24.4 Å². The van der Waals surface area contributed by atoms with Crippen molar-refractivity contribution < 1.29 is 14.7 Å². The van der Waals surface area contributed by atoms with Gasteiger partial charge in [-0.2, -0.15) is 12.6 Å². The van der Waals surface area contributed by atoms with Crippen LogP contribution in [0.1, 0.15) is 20.8 Å². The van der Waals surface area contributed by atoms with Gasteiger partial charge in [-0.1, -0.05) is 26.8 Å². The van der Waals surface area contributed by atoms with E-state index in [0.29, 0.717) is 5.03 Å². The fraction of sp³-hybridized carbons (Fsp3) is 0.462. The molecule has 0 fully saturated rings. The standard InChI is InChI=1S/C13H18N2O3S3/c1-13(2,3)12(18)15(9(8-19)11(16)17)21-20-10-6-4-5-7-14-10/h4-7,9,19H,8H2,1-3H3,(H,16,17)/t9-/m0/s1. The Labute approximate surface area is 137 Å². The largest absolute Gasteiger partial charge is 0.480 e. The second kappa shape index (κ2) is 7.95. The van der Waals surface area contributed by atoms with Crippen LogP contribution in [0, 0.1) is 5.41 Å². The molecule has 0 bridgehead atoms. The molecule has 0 saturated carbocycles. The summed E-state index contributed by atoms with van der Waals surface area (Å²) < 4.78 is 1.27. The molecule has 0 radical (unpaired) electrons. The second-order valence-electron chi connectivity index (χ2n) is 5.24. The summed E-state index contributed by atoms with van der Waals surface area (Å²) in [5.74, 6) is -1.28. The molecule has 116 valence electrons. The van der Waals surface area contributed by atoms with Crippen LogP contribution in [0.3, 0.4) is 0 Å². The van der Waals surface area contributed by atoms with Crippen molar-refractivity contribution in [2.75, 3.05) is 5.75 Å². The van der Waals surface area contributed by atoms with E-state index in [-0.39, 0.29) is 11.7 Å². The first-order valence-electron chi connectivity index (χ1n) is 6.20. The minimum absolute atomic E-state index is 0.0485. The van der Waals surface area contributed by atoms with Crippen molar-refractivity contribution in [2.24, 2.45) is 5.41 Å².